The second-order valence-electron chi connectivity index (χ2n) is 6.83. The normalized spacial score (nSPS) is 27.2. The summed E-state index contributed by atoms with van der Waals surface area (Å²) in [5.74, 6) is 0.680. The Bertz CT molecular complexity index is 464. The number of benzene rings is 1. The Morgan fingerprint density at radius 2 is 1.95 bits per heavy atom. The summed E-state index contributed by atoms with van der Waals surface area (Å²) < 4.78 is 0. The van der Waals surface area contributed by atoms with E-state index in [9.17, 15) is 0 Å². The summed E-state index contributed by atoms with van der Waals surface area (Å²) in [5.41, 5.74) is 1.66. The van der Waals surface area contributed by atoms with Crippen molar-refractivity contribution >= 4 is 23.2 Å². The molecular formula is C16H23Cl2N. The van der Waals surface area contributed by atoms with Gasteiger partial charge in [-0.2, -0.15) is 0 Å². The van der Waals surface area contributed by atoms with Crippen LogP contribution in [-0.4, -0.2) is 12.1 Å². The first-order chi connectivity index (χ1) is 8.74. The van der Waals surface area contributed by atoms with Crippen molar-refractivity contribution in [1.82, 2.24) is 5.32 Å². The Labute approximate surface area is 126 Å². The van der Waals surface area contributed by atoms with Crippen LogP contribution in [-0.2, 0) is 5.41 Å². The molecule has 2 atom stereocenters. The highest BCUT2D eigenvalue weighted by molar-refractivity contribution is 6.42. The number of hydrogen-bond donors (Lipinski definition) is 1. The summed E-state index contributed by atoms with van der Waals surface area (Å²) in [6, 6.07) is 6.10. The lowest BCUT2D eigenvalue weighted by Gasteiger charge is -2.50. The van der Waals surface area contributed by atoms with Gasteiger partial charge in [0, 0.05) is 17.5 Å². The van der Waals surface area contributed by atoms with Crippen LogP contribution in [0.1, 0.15) is 46.1 Å². The van der Waals surface area contributed by atoms with Gasteiger partial charge in [0.05, 0.1) is 10.0 Å². The largest absolute Gasteiger partial charge is 0.311 e. The van der Waals surface area contributed by atoms with Gasteiger partial charge in [-0.3, -0.25) is 0 Å². The summed E-state index contributed by atoms with van der Waals surface area (Å²) in [4.78, 5) is 0. The molecule has 0 aliphatic heterocycles. The first-order valence-corrected chi connectivity index (χ1v) is 7.71. The predicted molar refractivity (Wildman–Crippen MR) is 84.3 cm³/mol. The lowest BCUT2D eigenvalue weighted by Crippen LogP contribution is -2.53. The van der Waals surface area contributed by atoms with Gasteiger partial charge < -0.3 is 5.32 Å². The number of nitrogens with one attached hydrogen (secondary N) is 1. The molecule has 1 nitrogen and oxygen atoms in total. The third-order valence-electron chi connectivity index (χ3n) is 4.40. The minimum Gasteiger partial charge on any atom is -0.311 e. The van der Waals surface area contributed by atoms with E-state index in [-0.39, 0.29) is 11.0 Å². The summed E-state index contributed by atoms with van der Waals surface area (Å²) in [7, 11) is 0. The van der Waals surface area contributed by atoms with Crippen molar-refractivity contribution in [2.24, 2.45) is 5.92 Å². The molecule has 2 unspecified atom stereocenters. The number of hydrogen-bond acceptors (Lipinski definition) is 1. The maximum Gasteiger partial charge on any atom is 0.0595 e. The molecule has 1 aromatic rings. The van der Waals surface area contributed by atoms with E-state index >= 15 is 0 Å². The van der Waals surface area contributed by atoms with Gasteiger partial charge in [-0.15, -0.1) is 0 Å². The zero-order valence-corrected chi connectivity index (χ0v) is 13.7. The first kappa shape index (κ1) is 15.2. The van der Waals surface area contributed by atoms with Crippen LogP contribution in [0.3, 0.4) is 0 Å². The van der Waals surface area contributed by atoms with Crippen LogP contribution in [0, 0.1) is 5.92 Å². The second-order valence-corrected chi connectivity index (χ2v) is 7.64. The zero-order valence-electron chi connectivity index (χ0n) is 12.2. The van der Waals surface area contributed by atoms with E-state index in [0.717, 1.165) is 6.54 Å². The third kappa shape index (κ3) is 3.09. The molecular weight excluding hydrogens is 277 g/mol. The van der Waals surface area contributed by atoms with Crippen molar-refractivity contribution in [3.63, 3.8) is 0 Å². The quantitative estimate of drug-likeness (QED) is 0.823. The fraction of sp³-hybridized carbons (Fsp3) is 0.625. The molecule has 0 spiro atoms. The molecule has 1 fully saturated rings. The summed E-state index contributed by atoms with van der Waals surface area (Å²) >= 11 is 12.2. The molecule has 106 valence electrons. The highest BCUT2D eigenvalue weighted by Gasteiger charge is 2.45. The van der Waals surface area contributed by atoms with Crippen molar-refractivity contribution in [2.45, 2.75) is 51.5 Å². The molecule has 19 heavy (non-hydrogen) atoms. The van der Waals surface area contributed by atoms with E-state index in [4.69, 9.17) is 23.2 Å². The Balaban J connectivity index is 2.26. The Kier molecular flexibility index (Phi) is 4.21. The molecule has 0 radical (unpaired) electrons. The van der Waals surface area contributed by atoms with Crippen molar-refractivity contribution in [2.75, 3.05) is 6.54 Å². The Morgan fingerprint density at radius 3 is 2.37 bits per heavy atom. The zero-order chi connectivity index (χ0) is 14.3. The van der Waals surface area contributed by atoms with E-state index in [1.54, 1.807) is 0 Å². The highest BCUT2D eigenvalue weighted by Crippen LogP contribution is 2.49. The van der Waals surface area contributed by atoms with E-state index in [1.807, 2.05) is 12.1 Å². The Hall–Kier alpha value is -0.240. The SMILES string of the molecule is CC1CCC1(CNC(C)(C)C)c1ccc(Cl)c(Cl)c1. The average Bonchev–Trinajstić information content (AvgIpc) is 2.31. The van der Waals surface area contributed by atoms with Crippen LogP contribution in [0.15, 0.2) is 18.2 Å². The van der Waals surface area contributed by atoms with E-state index < -0.39 is 0 Å². The molecule has 0 saturated heterocycles. The van der Waals surface area contributed by atoms with Crippen LogP contribution >= 0.6 is 23.2 Å². The highest BCUT2D eigenvalue weighted by atomic mass is 35.5. The van der Waals surface area contributed by atoms with Crippen LogP contribution in [0.25, 0.3) is 0 Å². The van der Waals surface area contributed by atoms with E-state index in [2.05, 4.69) is 39.1 Å². The number of halogens is 2. The van der Waals surface area contributed by atoms with Gasteiger partial charge in [0.1, 0.15) is 0 Å². The summed E-state index contributed by atoms with van der Waals surface area (Å²) in [6.45, 7) is 9.95. The molecule has 0 heterocycles. The third-order valence-corrected chi connectivity index (χ3v) is 5.13. The molecule has 1 N–H and O–H groups in total. The second kappa shape index (κ2) is 5.27. The van der Waals surface area contributed by atoms with Crippen LogP contribution < -0.4 is 5.32 Å². The minimum absolute atomic E-state index is 0.137. The van der Waals surface area contributed by atoms with Gasteiger partial charge in [0.2, 0.25) is 0 Å². The van der Waals surface area contributed by atoms with Gasteiger partial charge >= 0.3 is 0 Å². The van der Waals surface area contributed by atoms with Gasteiger partial charge in [0.25, 0.3) is 0 Å². The fourth-order valence-electron chi connectivity index (χ4n) is 2.80. The lowest BCUT2D eigenvalue weighted by molar-refractivity contribution is 0.124. The van der Waals surface area contributed by atoms with Crippen molar-refractivity contribution < 1.29 is 0 Å². The van der Waals surface area contributed by atoms with Crippen molar-refractivity contribution in [3.8, 4) is 0 Å². The van der Waals surface area contributed by atoms with E-state index in [0.29, 0.717) is 16.0 Å². The molecule has 1 aliphatic rings. The molecule has 2 rings (SSSR count). The van der Waals surface area contributed by atoms with Crippen molar-refractivity contribution in [1.29, 1.82) is 0 Å². The molecule has 0 amide bonds. The minimum atomic E-state index is 0.137. The molecule has 1 aliphatic carbocycles. The summed E-state index contributed by atoms with van der Waals surface area (Å²) in [5, 5.41) is 4.95. The lowest BCUT2D eigenvalue weighted by atomic mass is 9.57. The molecule has 0 bridgehead atoms. The van der Waals surface area contributed by atoms with Crippen LogP contribution in [0.2, 0.25) is 10.0 Å². The van der Waals surface area contributed by atoms with Gasteiger partial charge in [-0.25, -0.2) is 0 Å². The van der Waals surface area contributed by atoms with Crippen LogP contribution in [0.5, 0.6) is 0 Å². The smallest absolute Gasteiger partial charge is 0.0595 e. The van der Waals surface area contributed by atoms with Gasteiger partial charge in [-0.1, -0.05) is 36.2 Å². The van der Waals surface area contributed by atoms with Crippen molar-refractivity contribution in [3.05, 3.63) is 33.8 Å². The standard InChI is InChI=1S/C16H23Cl2N/c1-11-7-8-16(11,10-19-15(2,3)4)12-5-6-13(17)14(18)9-12/h5-6,9,11,19H,7-8,10H2,1-4H3. The maximum absolute atomic E-state index is 6.19. The molecule has 3 heteroatoms. The molecule has 1 aromatic carbocycles. The monoisotopic (exact) mass is 299 g/mol. The van der Waals surface area contributed by atoms with Gasteiger partial charge in [0.15, 0.2) is 0 Å². The van der Waals surface area contributed by atoms with Crippen LogP contribution in [0.4, 0.5) is 0 Å². The number of rotatable bonds is 3. The average molecular weight is 300 g/mol. The summed E-state index contributed by atoms with van der Waals surface area (Å²) in [6.07, 6.45) is 2.50. The Morgan fingerprint density at radius 1 is 1.26 bits per heavy atom. The van der Waals surface area contributed by atoms with Gasteiger partial charge in [-0.05, 0) is 57.2 Å². The maximum atomic E-state index is 6.19. The van der Waals surface area contributed by atoms with E-state index in [1.165, 1.54) is 18.4 Å². The molecule has 1 saturated carbocycles. The molecule has 0 aromatic heterocycles. The topological polar surface area (TPSA) is 12.0 Å². The predicted octanol–water partition coefficient (Wildman–Crippen LogP) is 5.05. The first-order valence-electron chi connectivity index (χ1n) is 6.95. The fourth-order valence-corrected chi connectivity index (χ4v) is 3.10.